The van der Waals surface area contributed by atoms with Gasteiger partial charge in [-0.3, -0.25) is 0 Å². The molecule has 4 rings (SSSR count). The molecule has 4 nitrogen and oxygen atoms in total. The number of aliphatic hydroxyl groups is 1. The number of alkyl halides is 3. The highest BCUT2D eigenvalue weighted by Gasteiger charge is 2.55. The average molecular weight is 493 g/mol. The van der Waals surface area contributed by atoms with E-state index in [1.807, 2.05) is 0 Å². The number of benzene rings is 2. The predicted octanol–water partition coefficient (Wildman–Crippen LogP) is 6.93. The quantitative estimate of drug-likeness (QED) is 0.347. The van der Waals surface area contributed by atoms with Crippen molar-refractivity contribution in [2.24, 2.45) is 11.8 Å². The van der Waals surface area contributed by atoms with Gasteiger partial charge in [0.15, 0.2) is 0 Å². The van der Waals surface area contributed by atoms with Gasteiger partial charge in [0.1, 0.15) is 5.82 Å². The normalized spacial score (nSPS) is 21.7. The van der Waals surface area contributed by atoms with E-state index in [4.69, 9.17) is 4.74 Å². The van der Waals surface area contributed by atoms with Crippen LogP contribution in [0.5, 0.6) is 0 Å². The van der Waals surface area contributed by atoms with Crippen LogP contribution in [-0.4, -0.2) is 33.8 Å². The second kappa shape index (κ2) is 10.3. The summed E-state index contributed by atoms with van der Waals surface area (Å²) in [6.07, 6.45) is 2.49. The van der Waals surface area contributed by atoms with Gasteiger partial charge in [-0.1, -0.05) is 38.7 Å². The molecule has 1 aliphatic carbocycles. The van der Waals surface area contributed by atoms with Gasteiger partial charge in [0, 0.05) is 5.39 Å². The van der Waals surface area contributed by atoms with Crippen molar-refractivity contribution < 1.29 is 27.4 Å². The zero-order valence-electron chi connectivity index (χ0n) is 20.1. The number of aromatic nitrogens is 2. The lowest BCUT2D eigenvalue weighted by Gasteiger charge is -2.33. The third-order valence-electron chi connectivity index (χ3n) is 7.40. The Morgan fingerprint density at radius 2 is 1.83 bits per heavy atom. The SMILES string of the molecule is CC(CCC1CCCCC1C)OCC(O)(c1ccc2c(cnn2-c2ccc(F)cc2)c1)C(F)(F)F. The van der Waals surface area contributed by atoms with Crippen LogP contribution in [0.1, 0.15) is 57.9 Å². The third kappa shape index (κ3) is 5.54. The van der Waals surface area contributed by atoms with Crippen molar-refractivity contribution in [2.45, 2.75) is 70.3 Å². The van der Waals surface area contributed by atoms with Crippen molar-refractivity contribution in [1.82, 2.24) is 9.78 Å². The maximum absolute atomic E-state index is 14.1. The Kier molecular flexibility index (Phi) is 7.52. The first-order valence-corrected chi connectivity index (χ1v) is 12.2. The van der Waals surface area contributed by atoms with E-state index in [9.17, 15) is 22.7 Å². The molecule has 0 spiro atoms. The molecule has 1 saturated carbocycles. The Bertz CT molecular complexity index is 1130. The summed E-state index contributed by atoms with van der Waals surface area (Å²) < 4.78 is 62.6. The van der Waals surface area contributed by atoms with Crippen molar-refractivity contribution in [3.05, 3.63) is 60.0 Å². The van der Waals surface area contributed by atoms with Crippen LogP contribution in [0.25, 0.3) is 16.6 Å². The molecule has 1 aliphatic rings. The summed E-state index contributed by atoms with van der Waals surface area (Å²) in [4.78, 5) is 0. The molecule has 0 bridgehead atoms. The lowest BCUT2D eigenvalue weighted by atomic mass is 9.78. The summed E-state index contributed by atoms with van der Waals surface area (Å²) in [5.74, 6) is 0.812. The highest BCUT2D eigenvalue weighted by molar-refractivity contribution is 5.81. The van der Waals surface area contributed by atoms with E-state index in [0.717, 1.165) is 12.8 Å². The molecule has 1 N–H and O–H groups in total. The minimum absolute atomic E-state index is 0.302. The Morgan fingerprint density at radius 3 is 2.51 bits per heavy atom. The summed E-state index contributed by atoms with van der Waals surface area (Å²) in [5, 5.41) is 15.5. The molecule has 1 heterocycles. The van der Waals surface area contributed by atoms with E-state index in [1.165, 1.54) is 72.6 Å². The fourth-order valence-corrected chi connectivity index (χ4v) is 5.02. The second-order valence-electron chi connectivity index (χ2n) is 9.89. The van der Waals surface area contributed by atoms with Gasteiger partial charge in [0.05, 0.1) is 30.1 Å². The number of halogens is 4. The number of rotatable bonds is 8. The maximum atomic E-state index is 14.1. The van der Waals surface area contributed by atoms with E-state index < -0.39 is 30.3 Å². The fourth-order valence-electron chi connectivity index (χ4n) is 5.02. The molecule has 0 radical (unpaired) electrons. The summed E-state index contributed by atoms with van der Waals surface area (Å²) in [5.41, 5.74) is -2.33. The molecule has 4 unspecified atom stereocenters. The smallest absolute Gasteiger partial charge is 0.375 e. The van der Waals surface area contributed by atoms with E-state index in [0.29, 0.717) is 34.8 Å². The number of nitrogens with zero attached hydrogens (tertiary/aromatic N) is 2. The van der Waals surface area contributed by atoms with E-state index in [1.54, 1.807) is 6.92 Å². The summed E-state index contributed by atoms with van der Waals surface area (Å²) in [6, 6.07) is 9.64. The van der Waals surface area contributed by atoms with Gasteiger partial charge < -0.3 is 9.84 Å². The minimum Gasteiger partial charge on any atom is -0.375 e. The van der Waals surface area contributed by atoms with Crippen LogP contribution >= 0.6 is 0 Å². The van der Waals surface area contributed by atoms with Crippen LogP contribution in [0.4, 0.5) is 17.6 Å². The van der Waals surface area contributed by atoms with Crippen molar-refractivity contribution in [1.29, 1.82) is 0 Å². The Labute approximate surface area is 202 Å². The molecule has 3 aromatic rings. The number of hydrogen-bond acceptors (Lipinski definition) is 3. The highest BCUT2D eigenvalue weighted by atomic mass is 19.4. The lowest BCUT2D eigenvalue weighted by Crippen LogP contribution is -2.47. The molecular weight excluding hydrogens is 460 g/mol. The summed E-state index contributed by atoms with van der Waals surface area (Å²) >= 11 is 0. The molecule has 4 atom stereocenters. The Hall–Kier alpha value is -2.45. The van der Waals surface area contributed by atoms with Crippen molar-refractivity contribution >= 4 is 10.9 Å². The van der Waals surface area contributed by atoms with Crippen LogP contribution < -0.4 is 0 Å². The summed E-state index contributed by atoms with van der Waals surface area (Å²) in [7, 11) is 0. The molecule has 35 heavy (non-hydrogen) atoms. The van der Waals surface area contributed by atoms with Crippen molar-refractivity contribution in [3.63, 3.8) is 0 Å². The van der Waals surface area contributed by atoms with E-state index >= 15 is 0 Å². The minimum atomic E-state index is -4.93. The first kappa shape index (κ1) is 25.6. The average Bonchev–Trinajstić information content (AvgIpc) is 3.25. The molecule has 190 valence electrons. The first-order chi connectivity index (χ1) is 16.6. The third-order valence-corrected chi connectivity index (χ3v) is 7.40. The zero-order valence-corrected chi connectivity index (χ0v) is 20.1. The summed E-state index contributed by atoms with van der Waals surface area (Å²) in [6.45, 7) is 3.13. The van der Waals surface area contributed by atoms with Crippen LogP contribution in [0.2, 0.25) is 0 Å². The monoisotopic (exact) mass is 492 g/mol. The number of fused-ring (bicyclic) bond motifs is 1. The first-order valence-electron chi connectivity index (χ1n) is 12.2. The van der Waals surface area contributed by atoms with Gasteiger partial charge in [0.25, 0.3) is 0 Å². The van der Waals surface area contributed by atoms with Crippen LogP contribution in [0, 0.1) is 17.7 Å². The van der Waals surface area contributed by atoms with E-state index in [-0.39, 0.29) is 5.56 Å². The van der Waals surface area contributed by atoms with Crippen LogP contribution in [-0.2, 0) is 10.3 Å². The largest absolute Gasteiger partial charge is 0.423 e. The molecule has 1 aromatic heterocycles. The van der Waals surface area contributed by atoms with Gasteiger partial charge in [-0.15, -0.1) is 0 Å². The Balaban J connectivity index is 1.50. The molecule has 0 saturated heterocycles. The standard InChI is InChI=1S/C27H32F4N2O2/c1-18-5-3-4-6-20(18)8-7-19(2)35-17-26(34,27(29,30)31)22-9-14-25-21(15-22)16-32-33(25)24-12-10-23(28)11-13-24/h9-16,18-20,34H,3-8,17H2,1-2H3. The van der Waals surface area contributed by atoms with Gasteiger partial charge in [-0.05, 0) is 73.6 Å². The molecule has 0 aliphatic heterocycles. The van der Waals surface area contributed by atoms with Gasteiger partial charge in [0.2, 0.25) is 5.60 Å². The highest BCUT2D eigenvalue weighted by Crippen LogP contribution is 2.41. The van der Waals surface area contributed by atoms with Gasteiger partial charge >= 0.3 is 6.18 Å². The second-order valence-corrected chi connectivity index (χ2v) is 9.89. The number of hydrogen-bond donors (Lipinski definition) is 1. The molecule has 1 fully saturated rings. The predicted molar refractivity (Wildman–Crippen MR) is 127 cm³/mol. The topological polar surface area (TPSA) is 47.3 Å². The molecule has 8 heteroatoms. The van der Waals surface area contributed by atoms with Gasteiger partial charge in [-0.2, -0.15) is 18.3 Å². The molecular formula is C27H32F4N2O2. The van der Waals surface area contributed by atoms with Crippen LogP contribution in [0.15, 0.2) is 48.7 Å². The molecule has 2 aromatic carbocycles. The van der Waals surface area contributed by atoms with Crippen molar-refractivity contribution in [2.75, 3.05) is 6.61 Å². The molecule has 0 amide bonds. The zero-order chi connectivity index (χ0) is 25.2. The fraction of sp³-hybridized carbons (Fsp3) is 0.519. The maximum Gasteiger partial charge on any atom is 0.423 e. The van der Waals surface area contributed by atoms with Crippen molar-refractivity contribution in [3.8, 4) is 5.69 Å². The van der Waals surface area contributed by atoms with Crippen LogP contribution in [0.3, 0.4) is 0 Å². The number of ether oxygens (including phenoxy) is 1. The van der Waals surface area contributed by atoms with E-state index in [2.05, 4.69) is 12.0 Å². The lowest BCUT2D eigenvalue weighted by molar-refractivity contribution is -0.285. The van der Waals surface area contributed by atoms with Gasteiger partial charge in [-0.25, -0.2) is 9.07 Å². The Morgan fingerprint density at radius 1 is 1.11 bits per heavy atom.